The van der Waals surface area contributed by atoms with E-state index in [1.54, 1.807) is 32.2 Å². The number of hydrogen-bond donors (Lipinski definition) is 1. The highest BCUT2D eigenvalue weighted by atomic mass is 32.2. The summed E-state index contributed by atoms with van der Waals surface area (Å²) in [4.78, 5) is 4.67. The Morgan fingerprint density at radius 2 is 1.74 bits per heavy atom. The van der Waals surface area contributed by atoms with Gasteiger partial charge in [-0.3, -0.25) is 0 Å². The van der Waals surface area contributed by atoms with Crippen LogP contribution in [-0.2, 0) is 16.6 Å². The van der Waals surface area contributed by atoms with Gasteiger partial charge < -0.3 is 9.15 Å². The van der Waals surface area contributed by atoms with Gasteiger partial charge in [-0.2, -0.15) is 0 Å². The van der Waals surface area contributed by atoms with Crippen LogP contribution in [0.15, 0.2) is 51.8 Å². The van der Waals surface area contributed by atoms with Gasteiger partial charge in [0.05, 0.1) is 24.2 Å². The molecule has 0 amide bonds. The first-order valence-electron chi connectivity index (χ1n) is 8.48. The smallest absolute Gasteiger partial charge is 0.240 e. The molecule has 0 spiro atoms. The molecule has 1 heterocycles. The monoisotopic (exact) mass is 386 g/mol. The Morgan fingerprint density at radius 1 is 1.04 bits per heavy atom. The topological polar surface area (TPSA) is 81.4 Å². The van der Waals surface area contributed by atoms with Crippen molar-refractivity contribution in [3.05, 3.63) is 65.0 Å². The van der Waals surface area contributed by atoms with Crippen LogP contribution in [0, 0.1) is 20.8 Å². The number of benzene rings is 2. The maximum atomic E-state index is 12.5. The molecule has 142 valence electrons. The summed E-state index contributed by atoms with van der Waals surface area (Å²) in [6.07, 6.45) is 0. The Labute approximate surface area is 159 Å². The summed E-state index contributed by atoms with van der Waals surface area (Å²) in [7, 11) is -2.03. The summed E-state index contributed by atoms with van der Waals surface area (Å²) in [5, 5.41) is 0. The number of rotatable bonds is 6. The summed E-state index contributed by atoms with van der Waals surface area (Å²) in [6, 6.07) is 12.4. The molecule has 0 unspecified atom stereocenters. The Bertz CT molecular complexity index is 1050. The lowest BCUT2D eigenvalue weighted by atomic mass is 10.1. The molecule has 0 saturated heterocycles. The molecule has 3 aromatic rings. The standard InChI is InChI=1S/C20H22N2O4S/c1-13-5-10-18(11-14(13)2)27(23,24)21-12-19-15(3)26-20(22-19)16-6-8-17(25-4)9-7-16/h5-11,21H,12H2,1-4H3. The van der Waals surface area contributed by atoms with Crippen molar-refractivity contribution in [1.29, 1.82) is 0 Å². The molecule has 3 rings (SSSR count). The quantitative estimate of drug-likeness (QED) is 0.698. The zero-order chi connectivity index (χ0) is 19.6. The second kappa shape index (κ2) is 7.54. The average Bonchev–Trinajstić information content (AvgIpc) is 3.03. The molecular weight excluding hydrogens is 364 g/mol. The van der Waals surface area contributed by atoms with E-state index in [4.69, 9.17) is 9.15 Å². The molecule has 0 aliphatic heterocycles. The molecule has 1 N–H and O–H groups in total. The van der Waals surface area contributed by atoms with E-state index in [1.165, 1.54) is 0 Å². The fourth-order valence-corrected chi connectivity index (χ4v) is 3.65. The van der Waals surface area contributed by atoms with Crippen LogP contribution in [0.3, 0.4) is 0 Å². The zero-order valence-electron chi connectivity index (χ0n) is 15.7. The number of nitrogens with zero attached hydrogens (tertiary/aromatic N) is 1. The van der Waals surface area contributed by atoms with Gasteiger partial charge in [-0.25, -0.2) is 18.1 Å². The minimum absolute atomic E-state index is 0.0563. The Hall–Kier alpha value is -2.64. The Balaban J connectivity index is 1.77. The number of methoxy groups -OCH3 is 1. The van der Waals surface area contributed by atoms with E-state index in [9.17, 15) is 8.42 Å². The molecule has 0 aliphatic rings. The minimum atomic E-state index is -3.63. The van der Waals surface area contributed by atoms with Crippen molar-refractivity contribution in [1.82, 2.24) is 9.71 Å². The van der Waals surface area contributed by atoms with Crippen molar-refractivity contribution in [2.45, 2.75) is 32.2 Å². The van der Waals surface area contributed by atoms with E-state index in [0.29, 0.717) is 17.3 Å². The fourth-order valence-electron chi connectivity index (χ4n) is 2.58. The molecule has 2 aromatic carbocycles. The van der Waals surface area contributed by atoms with Crippen LogP contribution in [0.25, 0.3) is 11.5 Å². The summed E-state index contributed by atoms with van der Waals surface area (Å²) in [5.74, 6) is 1.75. The third kappa shape index (κ3) is 4.20. The number of oxazole rings is 1. The second-order valence-electron chi connectivity index (χ2n) is 6.32. The van der Waals surface area contributed by atoms with Gasteiger partial charge in [-0.05, 0) is 68.3 Å². The highest BCUT2D eigenvalue weighted by Gasteiger charge is 2.18. The van der Waals surface area contributed by atoms with Crippen LogP contribution < -0.4 is 9.46 Å². The first kappa shape index (κ1) is 19.1. The second-order valence-corrected chi connectivity index (χ2v) is 8.09. The predicted octanol–water partition coefficient (Wildman–Crippen LogP) is 3.75. The third-order valence-electron chi connectivity index (χ3n) is 4.45. The van der Waals surface area contributed by atoms with Crippen molar-refractivity contribution < 1.29 is 17.6 Å². The van der Waals surface area contributed by atoms with Crippen LogP contribution >= 0.6 is 0 Å². The van der Waals surface area contributed by atoms with Crippen molar-refractivity contribution in [2.24, 2.45) is 0 Å². The first-order chi connectivity index (χ1) is 12.8. The normalized spacial score (nSPS) is 11.6. The van der Waals surface area contributed by atoms with Gasteiger partial charge in [-0.1, -0.05) is 6.07 Å². The van der Waals surface area contributed by atoms with Gasteiger partial charge in [-0.15, -0.1) is 0 Å². The molecule has 7 heteroatoms. The van der Waals surface area contributed by atoms with E-state index in [0.717, 1.165) is 22.4 Å². The predicted molar refractivity (Wildman–Crippen MR) is 103 cm³/mol. The molecule has 0 saturated carbocycles. The van der Waals surface area contributed by atoms with Gasteiger partial charge in [0.1, 0.15) is 11.5 Å². The van der Waals surface area contributed by atoms with Crippen LogP contribution in [0.4, 0.5) is 0 Å². The van der Waals surface area contributed by atoms with E-state index in [-0.39, 0.29) is 11.4 Å². The third-order valence-corrected chi connectivity index (χ3v) is 5.85. The Morgan fingerprint density at radius 3 is 2.37 bits per heavy atom. The van der Waals surface area contributed by atoms with Crippen LogP contribution in [0.2, 0.25) is 0 Å². The van der Waals surface area contributed by atoms with E-state index < -0.39 is 10.0 Å². The fraction of sp³-hybridized carbons (Fsp3) is 0.250. The van der Waals surface area contributed by atoms with Gasteiger partial charge >= 0.3 is 0 Å². The summed E-state index contributed by atoms with van der Waals surface area (Å²) in [5.41, 5.74) is 3.32. The van der Waals surface area contributed by atoms with Crippen molar-refractivity contribution in [3.63, 3.8) is 0 Å². The van der Waals surface area contributed by atoms with Gasteiger partial charge in [0.2, 0.25) is 15.9 Å². The SMILES string of the molecule is COc1ccc(-c2nc(CNS(=O)(=O)c3ccc(C)c(C)c3)c(C)o2)cc1. The number of sulfonamides is 1. The largest absolute Gasteiger partial charge is 0.497 e. The van der Waals surface area contributed by atoms with E-state index in [1.807, 2.05) is 38.1 Å². The van der Waals surface area contributed by atoms with E-state index in [2.05, 4.69) is 9.71 Å². The highest BCUT2D eigenvalue weighted by Crippen LogP contribution is 2.24. The molecule has 0 bridgehead atoms. The molecule has 0 aliphatic carbocycles. The maximum absolute atomic E-state index is 12.5. The first-order valence-corrected chi connectivity index (χ1v) is 9.96. The van der Waals surface area contributed by atoms with E-state index >= 15 is 0 Å². The molecule has 0 atom stereocenters. The van der Waals surface area contributed by atoms with Gasteiger partial charge in [0.25, 0.3) is 0 Å². The maximum Gasteiger partial charge on any atom is 0.240 e. The van der Waals surface area contributed by atoms with Crippen molar-refractivity contribution >= 4 is 10.0 Å². The number of hydrogen-bond acceptors (Lipinski definition) is 5. The van der Waals surface area contributed by atoms with Crippen LogP contribution in [0.1, 0.15) is 22.6 Å². The lowest BCUT2D eigenvalue weighted by Crippen LogP contribution is -2.23. The van der Waals surface area contributed by atoms with Gasteiger partial charge in [0.15, 0.2) is 0 Å². The highest BCUT2D eigenvalue weighted by molar-refractivity contribution is 7.89. The Kier molecular flexibility index (Phi) is 5.34. The number of aromatic nitrogens is 1. The van der Waals surface area contributed by atoms with Gasteiger partial charge in [0, 0.05) is 5.56 Å². The molecule has 6 nitrogen and oxygen atoms in total. The molecule has 0 fully saturated rings. The average molecular weight is 386 g/mol. The molecule has 1 aromatic heterocycles. The summed E-state index contributed by atoms with van der Waals surface area (Å²) >= 11 is 0. The summed E-state index contributed by atoms with van der Waals surface area (Å²) < 4.78 is 38.5. The van der Waals surface area contributed by atoms with Crippen LogP contribution in [0.5, 0.6) is 5.75 Å². The summed E-state index contributed by atoms with van der Waals surface area (Å²) in [6.45, 7) is 5.65. The lowest BCUT2D eigenvalue weighted by Gasteiger charge is -2.08. The lowest BCUT2D eigenvalue weighted by molar-refractivity contribution is 0.415. The zero-order valence-corrected chi connectivity index (χ0v) is 16.6. The molecule has 0 radical (unpaired) electrons. The number of nitrogens with one attached hydrogen (secondary N) is 1. The van der Waals surface area contributed by atoms with Crippen molar-refractivity contribution in [3.8, 4) is 17.2 Å². The van der Waals surface area contributed by atoms with Crippen molar-refractivity contribution in [2.75, 3.05) is 7.11 Å². The minimum Gasteiger partial charge on any atom is -0.497 e. The molecule has 27 heavy (non-hydrogen) atoms. The molecular formula is C20H22N2O4S. The van der Waals surface area contributed by atoms with Crippen LogP contribution in [-0.4, -0.2) is 20.5 Å². The number of aryl methyl sites for hydroxylation is 3. The number of ether oxygens (including phenoxy) is 1.